The largest absolute Gasteiger partial charge is 0.463 e. The first-order valence-electron chi connectivity index (χ1n) is 19.5. The van der Waals surface area contributed by atoms with E-state index in [4.69, 9.17) is 18.9 Å². The normalized spacial score (nSPS) is 35.5. The van der Waals surface area contributed by atoms with Crippen molar-refractivity contribution in [2.75, 3.05) is 54.0 Å². The first-order valence-corrected chi connectivity index (χ1v) is 19.5. The SMILES string of the molecule is CCCN1C[C@H](C)C[C@@](C)(OC)[C@H](O[C@@H]2O[C@H](C)C[C@H](N(C)C)[C@H]2O)[C@@H](C)C(=O)C(C)(C)C(=O)OC[C@H]1CC1CCN(Cc2ccccc2)CC1. The molecule has 10 nitrogen and oxygen atoms in total. The van der Waals surface area contributed by atoms with Crippen LogP contribution in [0.5, 0.6) is 0 Å². The predicted molar refractivity (Wildman–Crippen MR) is 200 cm³/mol. The van der Waals surface area contributed by atoms with E-state index in [0.29, 0.717) is 18.8 Å². The minimum absolute atomic E-state index is 0.0437. The van der Waals surface area contributed by atoms with Gasteiger partial charge in [0, 0.05) is 38.2 Å². The van der Waals surface area contributed by atoms with Crippen LogP contribution in [0.3, 0.4) is 0 Å². The maximum absolute atomic E-state index is 14.4. The molecule has 0 unspecified atom stereocenters. The number of hydrogen-bond acceptors (Lipinski definition) is 10. The third-order valence-corrected chi connectivity index (χ3v) is 11.9. The zero-order valence-electron chi connectivity index (χ0n) is 33.3. The van der Waals surface area contributed by atoms with Crippen LogP contribution in [0.4, 0.5) is 0 Å². The number of aliphatic hydroxyl groups excluding tert-OH is 1. The number of methoxy groups -OCH3 is 1. The summed E-state index contributed by atoms with van der Waals surface area (Å²) in [6, 6.07) is 10.5. The first kappa shape index (κ1) is 41.8. The second kappa shape index (κ2) is 18.4. The van der Waals surface area contributed by atoms with Crippen LogP contribution in [0.2, 0.25) is 0 Å². The van der Waals surface area contributed by atoms with Crippen LogP contribution in [-0.2, 0) is 35.1 Å². The van der Waals surface area contributed by atoms with Gasteiger partial charge in [-0.3, -0.25) is 19.4 Å². The van der Waals surface area contributed by atoms with Crippen molar-refractivity contribution in [3.63, 3.8) is 0 Å². The Bertz CT molecular complexity index is 1240. The summed E-state index contributed by atoms with van der Waals surface area (Å²) in [5, 5.41) is 11.4. The minimum atomic E-state index is -1.41. The Labute approximate surface area is 308 Å². The quantitative estimate of drug-likeness (QED) is 0.251. The second-order valence-corrected chi connectivity index (χ2v) is 16.9. The number of aliphatic hydroxyl groups is 1. The lowest BCUT2D eigenvalue weighted by Crippen LogP contribution is -2.59. The summed E-state index contributed by atoms with van der Waals surface area (Å²) in [6.45, 7) is 18.5. The number of rotatable bonds is 10. The summed E-state index contributed by atoms with van der Waals surface area (Å²) in [7, 11) is 5.54. The van der Waals surface area contributed by atoms with Gasteiger partial charge in [-0.25, -0.2) is 0 Å². The molecule has 3 aliphatic heterocycles. The highest BCUT2D eigenvalue weighted by atomic mass is 16.7. The number of cyclic esters (lactones) is 1. The molecule has 0 amide bonds. The third kappa shape index (κ3) is 10.6. The molecule has 9 atom stereocenters. The Kier molecular flexibility index (Phi) is 15.1. The van der Waals surface area contributed by atoms with Crippen molar-refractivity contribution in [2.24, 2.45) is 23.2 Å². The number of carbonyl (C=O) groups excluding carboxylic acids is 2. The van der Waals surface area contributed by atoms with Gasteiger partial charge >= 0.3 is 5.97 Å². The van der Waals surface area contributed by atoms with Gasteiger partial charge in [0.05, 0.1) is 17.8 Å². The zero-order chi connectivity index (χ0) is 37.5. The molecule has 1 aromatic carbocycles. The Hall–Kier alpha value is -1.92. The number of piperidine rings is 1. The van der Waals surface area contributed by atoms with Crippen molar-refractivity contribution >= 4 is 11.8 Å². The smallest absolute Gasteiger partial charge is 0.319 e. The van der Waals surface area contributed by atoms with Crippen molar-refractivity contribution in [2.45, 2.75) is 136 Å². The number of nitrogens with zero attached hydrogens (tertiary/aromatic N) is 3. The molecule has 4 rings (SSSR count). The van der Waals surface area contributed by atoms with E-state index >= 15 is 0 Å². The zero-order valence-corrected chi connectivity index (χ0v) is 33.3. The highest BCUT2D eigenvalue weighted by molar-refractivity contribution is 6.04. The highest BCUT2D eigenvalue weighted by Crippen LogP contribution is 2.39. The molecule has 1 N–H and O–H groups in total. The molecule has 3 aliphatic rings. The molecule has 3 heterocycles. The molecule has 1 aromatic rings. The van der Waals surface area contributed by atoms with E-state index in [9.17, 15) is 14.7 Å². The number of Topliss-reactive ketones (excluding diaryl/α,β-unsaturated/α-hetero) is 1. The number of ketones is 1. The third-order valence-electron chi connectivity index (χ3n) is 11.9. The Morgan fingerprint density at radius 3 is 2.31 bits per heavy atom. The average molecular weight is 716 g/mol. The fourth-order valence-corrected chi connectivity index (χ4v) is 8.86. The highest BCUT2D eigenvalue weighted by Gasteiger charge is 2.51. The number of esters is 1. The molecule has 51 heavy (non-hydrogen) atoms. The average Bonchev–Trinajstić information content (AvgIpc) is 3.09. The second-order valence-electron chi connectivity index (χ2n) is 16.9. The van der Waals surface area contributed by atoms with Crippen LogP contribution in [0, 0.1) is 23.2 Å². The van der Waals surface area contributed by atoms with E-state index in [1.807, 2.05) is 39.8 Å². The fourth-order valence-electron chi connectivity index (χ4n) is 8.86. The molecule has 3 fully saturated rings. The van der Waals surface area contributed by atoms with E-state index in [2.05, 4.69) is 54.0 Å². The van der Waals surface area contributed by atoms with Crippen molar-refractivity contribution in [1.82, 2.24) is 14.7 Å². The lowest BCUT2D eigenvalue weighted by atomic mass is 9.74. The van der Waals surface area contributed by atoms with Crippen molar-refractivity contribution in [1.29, 1.82) is 0 Å². The molecule has 0 saturated carbocycles. The number of carbonyl (C=O) groups is 2. The Balaban J connectivity index is 1.58. The number of likely N-dealkylation sites (N-methyl/N-ethyl adjacent to an activating group) is 1. The number of ether oxygens (including phenoxy) is 4. The van der Waals surface area contributed by atoms with Gasteiger partial charge in [-0.15, -0.1) is 0 Å². The van der Waals surface area contributed by atoms with Crippen molar-refractivity contribution < 1.29 is 33.6 Å². The molecule has 0 spiro atoms. The van der Waals surface area contributed by atoms with E-state index < -0.39 is 41.4 Å². The van der Waals surface area contributed by atoms with Gasteiger partial charge in [-0.1, -0.05) is 51.1 Å². The topological polar surface area (TPSA) is 101 Å². The predicted octanol–water partition coefficient (Wildman–Crippen LogP) is 5.40. The van der Waals surface area contributed by atoms with Crippen molar-refractivity contribution in [3.05, 3.63) is 35.9 Å². The van der Waals surface area contributed by atoms with Crippen LogP contribution in [-0.4, -0.2) is 128 Å². The van der Waals surface area contributed by atoms with Crippen molar-refractivity contribution in [3.8, 4) is 0 Å². The van der Waals surface area contributed by atoms with Gasteiger partial charge < -0.3 is 29.0 Å². The molecule has 290 valence electrons. The maximum atomic E-state index is 14.4. The standard InChI is InChI=1S/C41H69N3O7/c1-11-19-44-25-28(2)24-41(7,48-10)37(51-38-35(45)34(42(8)9)22-29(3)50-38)30(4)36(46)40(5,6)39(47)49-27-33(44)23-31-17-20-43(21-18-31)26-32-15-13-12-14-16-32/h12-16,28-31,33-35,37-38,45H,11,17-27H2,1-10H3/t28-,29-,30+,33-,34+,35-,37-,38+,41-/m1/s1. The monoisotopic (exact) mass is 716 g/mol. The summed E-state index contributed by atoms with van der Waals surface area (Å²) >= 11 is 0. The lowest BCUT2D eigenvalue weighted by molar-refractivity contribution is -0.295. The Morgan fingerprint density at radius 1 is 1.04 bits per heavy atom. The van der Waals surface area contributed by atoms with Gasteiger partial charge in [0.15, 0.2) is 12.1 Å². The fraction of sp³-hybridized carbons (Fsp3) is 0.805. The number of likely N-dealkylation sites (tertiary alicyclic amines) is 1. The van der Waals surface area contributed by atoms with Gasteiger partial charge in [0.1, 0.15) is 18.1 Å². The molecule has 0 aromatic heterocycles. The lowest BCUT2D eigenvalue weighted by Gasteiger charge is -2.47. The van der Waals surface area contributed by atoms with E-state index in [-0.39, 0.29) is 36.5 Å². The summed E-state index contributed by atoms with van der Waals surface area (Å²) in [6.07, 6.45) is 2.57. The molecule has 10 heteroatoms. The molecular formula is C41H69N3O7. The molecular weight excluding hydrogens is 646 g/mol. The number of benzene rings is 1. The van der Waals surface area contributed by atoms with Gasteiger partial charge in [-0.2, -0.15) is 0 Å². The van der Waals surface area contributed by atoms with E-state index in [0.717, 1.165) is 58.4 Å². The van der Waals surface area contributed by atoms with Crippen LogP contribution < -0.4 is 0 Å². The van der Waals surface area contributed by atoms with E-state index in [1.165, 1.54) is 5.56 Å². The first-order chi connectivity index (χ1) is 24.1. The molecule has 3 saturated heterocycles. The summed E-state index contributed by atoms with van der Waals surface area (Å²) < 4.78 is 25.4. The molecule has 0 radical (unpaired) electrons. The van der Waals surface area contributed by atoms with Gasteiger partial charge in [-0.05, 0) is 117 Å². The van der Waals surface area contributed by atoms with E-state index in [1.54, 1.807) is 21.0 Å². The molecule has 0 aliphatic carbocycles. The summed E-state index contributed by atoms with van der Waals surface area (Å²) in [5.41, 5.74) is -0.985. The van der Waals surface area contributed by atoms with Gasteiger partial charge in [0.2, 0.25) is 0 Å². The summed E-state index contributed by atoms with van der Waals surface area (Å²) in [5.74, 6) is -0.847. The minimum Gasteiger partial charge on any atom is -0.463 e. The Morgan fingerprint density at radius 2 is 1.71 bits per heavy atom. The number of hydrogen-bond donors (Lipinski definition) is 1. The maximum Gasteiger partial charge on any atom is 0.319 e. The van der Waals surface area contributed by atoms with Crippen LogP contribution in [0.25, 0.3) is 0 Å². The van der Waals surface area contributed by atoms with Crippen LogP contribution in [0.1, 0.15) is 92.6 Å². The van der Waals surface area contributed by atoms with Gasteiger partial charge in [0.25, 0.3) is 0 Å². The van der Waals surface area contributed by atoms with Crippen LogP contribution in [0.15, 0.2) is 30.3 Å². The molecule has 0 bridgehead atoms. The summed E-state index contributed by atoms with van der Waals surface area (Å²) in [4.78, 5) is 35.3. The van der Waals surface area contributed by atoms with Crippen LogP contribution >= 0.6 is 0 Å².